The van der Waals surface area contributed by atoms with E-state index >= 15 is 0 Å². The van der Waals surface area contributed by atoms with Crippen molar-refractivity contribution in [3.8, 4) is 0 Å². The van der Waals surface area contributed by atoms with E-state index in [-0.39, 0.29) is 5.91 Å². The maximum Gasteiger partial charge on any atom is 0.293 e. The summed E-state index contributed by atoms with van der Waals surface area (Å²) in [6.45, 7) is 0.693. The van der Waals surface area contributed by atoms with Gasteiger partial charge in [0.2, 0.25) is 0 Å². The molecule has 2 aromatic rings. The summed E-state index contributed by atoms with van der Waals surface area (Å²) < 4.78 is 5.11. The van der Waals surface area contributed by atoms with Crippen LogP contribution < -0.4 is 10.6 Å². The van der Waals surface area contributed by atoms with Gasteiger partial charge in [0.1, 0.15) is 0 Å². The molecule has 0 spiro atoms. The Bertz CT molecular complexity index is 518. The number of carbonyl (C=O) groups is 1. The smallest absolute Gasteiger partial charge is 0.293 e. The van der Waals surface area contributed by atoms with E-state index in [0.29, 0.717) is 12.3 Å². The van der Waals surface area contributed by atoms with Gasteiger partial charge in [-0.3, -0.25) is 4.79 Å². The molecule has 0 fully saturated rings. The number of aryl methyl sites for hydroxylation is 1. The Morgan fingerprint density at radius 2 is 2.00 bits per heavy atom. The highest BCUT2D eigenvalue weighted by atomic mass is 16.3. The van der Waals surface area contributed by atoms with E-state index in [0.717, 1.165) is 18.5 Å². The molecular weight excluding hydrogens is 240 g/mol. The second-order valence-electron chi connectivity index (χ2n) is 4.40. The van der Waals surface area contributed by atoms with Gasteiger partial charge in [-0.2, -0.15) is 0 Å². The number of amides is 1. The average Bonchev–Trinajstić information content (AvgIpc) is 2.98. The molecule has 0 saturated carbocycles. The lowest BCUT2D eigenvalue weighted by Crippen LogP contribution is -2.25. The molecule has 2 rings (SSSR count). The molecule has 0 saturated heterocycles. The molecule has 100 valence electrons. The van der Waals surface area contributed by atoms with E-state index < -0.39 is 0 Å². The minimum atomic E-state index is -0.153. The lowest BCUT2D eigenvalue weighted by atomic mass is 10.1. The quantitative estimate of drug-likeness (QED) is 0.896. The standard InChI is InChI=1S/C15H18N2O2/c1-17(15(18)14-5-3-11-19-14)13-8-6-12(7-9-13)4-2-10-16/h3,5-9,11H,2,4,10,16H2,1H3. The molecule has 0 aliphatic heterocycles. The topological polar surface area (TPSA) is 59.5 Å². The van der Waals surface area contributed by atoms with E-state index in [9.17, 15) is 4.79 Å². The SMILES string of the molecule is CN(C(=O)c1ccco1)c1ccc(CCCN)cc1. The van der Waals surface area contributed by atoms with Crippen LogP contribution in [0.4, 0.5) is 5.69 Å². The van der Waals surface area contributed by atoms with Gasteiger partial charge in [-0.05, 0) is 49.2 Å². The second-order valence-corrected chi connectivity index (χ2v) is 4.40. The highest BCUT2D eigenvalue weighted by molar-refractivity contribution is 6.03. The van der Waals surface area contributed by atoms with Crippen LogP contribution >= 0.6 is 0 Å². The lowest BCUT2D eigenvalue weighted by molar-refractivity contribution is 0.0966. The van der Waals surface area contributed by atoms with Crippen LogP contribution in [0.1, 0.15) is 22.5 Å². The van der Waals surface area contributed by atoms with Crippen molar-refractivity contribution in [3.63, 3.8) is 0 Å². The highest BCUT2D eigenvalue weighted by Crippen LogP contribution is 2.17. The summed E-state index contributed by atoms with van der Waals surface area (Å²) in [5.74, 6) is 0.189. The van der Waals surface area contributed by atoms with Crippen LogP contribution in [0.3, 0.4) is 0 Å². The molecule has 0 aliphatic rings. The van der Waals surface area contributed by atoms with E-state index in [4.69, 9.17) is 10.2 Å². The Hall–Kier alpha value is -2.07. The third kappa shape index (κ3) is 3.23. The Morgan fingerprint density at radius 1 is 1.26 bits per heavy atom. The maximum atomic E-state index is 12.1. The normalized spacial score (nSPS) is 10.4. The average molecular weight is 258 g/mol. The molecule has 0 bridgehead atoms. The fraction of sp³-hybridized carbons (Fsp3) is 0.267. The van der Waals surface area contributed by atoms with Crippen LogP contribution in [0, 0.1) is 0 Å². The number of hydrogen-bond acceptors (Lipinski definition) is 3. The second kappa shape index (κ2) is 6.20. The summed E-state index contributed by atoms with van der Waals surface area (Å²) >= 11 is 0. The predicted octanol–water partition coefficient (Wildman–Crippen LogP) is 2.45. The number of nitrogens with zero attached hydrogens (tertiary/aromatic N) is 1. The van der Waals surface area contributed by atoms with Gasteiger partial charge < -0.3 is 15.1 Å². The fourth-order valence-corrected chi connectivity index (χ4v) is 1.88. The number of furan rings is 1. The first-order chi connectivity index (χ1) is 9.22. The van der Waals surface area contributed by atoms with E-state index in [1.165, 1.54) is 11.8 Å². The van der Waals surface area contributed by atoms with Gasteiger partial charge in [0.15, 0.2) is 5.76 Å². The summed E-state index contributed by atoms with van der Waals surface area (Å²) in [5, 5.41) is 0. The molecule has 2 N–H and O–H groups in total. The zero-order chi connectivity index (χ0) is 13.7. The molecule has 0 aliphatic carbocycles. The fourth-order valence-electron chi connectivity index (χ4n) is 1.88. The van der Waals surface area contributed by atoms with Crippen LogP contribution in [0.2, 0.25) is 0 Å². The summed E-state index contributed by atoms with van der Waals surface area (Å²) in [4.78, 5) is 13.7. The number of benzene rings is 1. The maximum absolute atomic E-state index is 12.1. The van der Waals surface area contributed by atoms with Gasteiger partial charge in [-0.15, -0.1) is 0 Å². The van der Waals surface area contributed by atoms with Gasteiger partial charge >= 0.3 is 0 Å². The van der Waals surface area contributed by atoms with Crippen molar-refractivity contribution in [1.29, 1.82) is 0 Å². The predicted molar refractivity (Wildman–Crippen MR) is 75.3 cm³/mol. The van der Waals surface area contributed by atoms with Crippen LogP contribution in [0.15, 0.2) is 47.1 Å². The highest BCUT2D eigenvalue weighted by Gasteiger charge is 2.15. The first-order valence-corrected chi connectivity index (χ1v) is 6.33. The third-order valence-electron chi connectivity index (χ3n) is 3.03. The summed E-state index contributed by atoms with van der Waals surface area (Å²) in [6.07, 6.45) is 3.43. The van der Waals surface area contributed by atoms with Crippen molar-refractivity contribution in [3.05, 3.63) is 54.0 Å². The first kappa shape index (κ1) is 13.4. The number of anilines is 1. The monoisotopic (exact) mass is 258 g/mol. The number of hydrogen-bond donors (Lipinski definition) is 1. The van der Waals surface area contributed by atoms with Crippen molar-refractivity contribution in [2.75, 3.05) is 18.5 Å². The molecule has 19 heavy (non-hydrogen) atoms. The molecule has 0 unspecified atom stereocenters. The van der Waals surface area contributed by atoms with Crippen LogP contribution in [0.5, 0.6) is 0 Å². The summed E-state index contributed by atoms with van der Waals surface area (Å²) in [5.41, 5.74) is 7.56. The van der Waals surface area contributed by atoms with Crippen molar-refractivity contribution < 1.29 is 9.21 Å². The van der Waals surface area contributed by atoms with E-state index in [2.05, 4.69) is 0 Å². The van der Waals surface area contributed by atoms with Crippen molar-refractivity contribution in [2.24, 2.45) is 5.73 Å². The Kier molecular flexibility index (Phi) is 4.36. The van der Waals surface area contributed by atoms with Gasteiger partial charge in [0.05, 0.1) is 6.26 Å². The zero-order valence-corrected chi connectivity index (χ0v) is 11.0. The zero-order valence-electron chi connectivity index (χ0n) is 11.0. The van der Waals surface area contributed by atoms with Gasteiger partial charge in [-0.25, -0.2) is 0 Å². The molecule has 1 aromatic heterocycles. The van der Waals surface area contributed by atoms with Gasteiger partial charge in [0, 0.05) is 12.7 Å². The van der Waals surface area contributed by atoms with Crippen LogP contribution in [-0.2, 0) is 6.42 Å². The molecule has 1 amide bonds. The number of carbonyl (C=O) groups excluding carboxylic acids is 1. The third-order valence-corrected chi connectivity index (χ3v) is 3.03. The largest absolute Gasteiger partial charge is 0.459 e. The molecule has 0 atom stereocenters. The molecule has 1 aromatic carbocycles. The number of nitrogens with two attached hydrogens (primary N) is 1. The minimum absolute atomic E-state index is 0.153. The van der Waals surface area contributed by atoms with Gasteiger partial charge in [0.25, 0.3) is 5.91 Å². The molecule has 4 heteroatoms. The minimum Gasteiger partial charge on any atom is -0.459 e. The van der Waals surface area contributed by atoms with Crippen LogP contribution in [0.25, 0.3) is 0 Å². The van der Waals surface area contributed by atoms with Crippen molar-refractivity contribution in [2.45, 2.75) is 12.8 Å². The Morgan fingerprint density at radius 3 is 2.58 bits per heavy atom. The molecule has 1 heterocycles. The molecular formula is C15H18N2O2. The summed E-state index contributed by atoms with van der Waals surface area (Å²) in [7, 11) is 1.74. The Labute approximate surface area is 112 Å². The Balaban J connectivity index is 2.07. The molecule has 4 nitrogen and oxygen atoms in total. The van der Waals surface area contributed by atoms with Crippen LogP contribution in [-0.4, -0.2) is 19.5 Å². The number of rotatable bonds is 5. The van der Waals surface area contributed by atoms with Crippen molar-refractivity contribution in [1.82, 2.24) is 0 Å². The van der Waals surface area contributed by atoms with E-state index in [1.807, 2.05) is 24.3 Å². The first-order valence-electron chi connectivity index (χ1n) is 6.33. The summed E-state index contributed by atoms with van der Waals surface area (Å²) in [6, 6.07) is 11.3. The van der Waals surface area contributed by atoms with E-state index in [1.54, 1.807) is 24.1 Å². The van der Waals surface area contributed by atoms with Crippen molar-refractivity contribution >= 4 is 11.6 Å². The molecule has 0 radical (unpaired) electrons. The lowest BCUT2D eigenvalue weighted by Gasteiger charge is -2.16. The van der Waals surface area contributed by atoms with Gasteiger partial charge in [-0.1, -0.05) is 12.1 Å².